The number of methoxy groups -OCH3 is 1. The Morgan fingerprint density at radius 3 is 2.62 bits per heavy atom. The normalized spacial score (nSPS) is 20.6. The Labute approximate surface area is 161 Å². The first kappa shape index (κ1) is 18.9. The van der Waals surface area contributed by atoms with E-state index in [4.69, 9.17) is 9.47 Å². The molecule has 2 heterocycles. The van der Waals surface area contributed by atoms with Gasteiger partial charge in [0.2, 0.25) is 5.91 Å². The predicted octanol–water partition coefficient (Wildman–Crippen LogP) is 2.32. The topological polar surface area (TPSA) is 59.1 Å². The van der Waals surface area contributed by atoms with Crippen LogP contribution in [-0.4, -0.2) is 67.6 Å². The van der Waals surface area contributed by atoms with Gasteiger partial charge in [-0.05, 0) is 37.1 Å². The van der Waals surface area contributed by atoms with Crippen molar-refractivity contribution in [2.24, 2.45) is 0 Å². The van der Waals surface area contributed by atoms with E-state index in [9.17, 15) is 9.59 Å². The molecule has 2 fully saturated rings. The molecule has 1 aromatic rings. The predicted molar refractivity (Wildman–Crippen MR) is 102 cm³/mol. The van der Waals surface area contributed by atoms with Crippen LogP contribution in [0.25, 0.3) is 6.08 Å². The van der Waals surface area contributed by atoms with Gasteiger partial charge >= 0.3 is 0 Å². The van der Waals surface area contributed by atoms with E-state index in [0.717, 1.165) is 22.9 Å². The van der Waals surface area contributed by atoms with Gasteiger partial charge in [-0.15, -0.1) is 0 Å². The molecule has 0 spiro atoms. The van der Waals surface area contributed by atoms with E-state index < -0.39 is 0 Å². The molecule has 0 aromatic heterocycles. The number of hydrogen-bond acceptors (Lipinski definition) is 4. The summed E-state index contributed by atoms with van der Waals surface area (Å²) in [5.74, 6) is 0.712. The monoisotopic (exact) mass is 422 g/mol. The molecule has 1 atom stereocenters. The molecule has 2 aliphatic heterocycles. The van der Waals surface area contributed by atoms with Crippen LogP contribution in [0.3, 0.4) is 0 Å². The molecule has 140 valence electrons. The maximum absolute atomic E-state index is 12.4. The molecule has 1 unspecified atom stereocenters. The highest BCUT2D eigenvalue weighted by molar-refractivity contribution is 9.10. The van der Waals surface area contributed by atoms with Crippen LogP contribution in [0, 0.1) is 0 Å². The van der Waals surface area contributed by atoms with E-state index in [-0.39, 0.29) is 17.9 Å². The lowest BCUT2D eigenvalue weighted by Crippen LogP contribution is -2.52. The van der Waals surface area contributed by atoms with Crippen molar-refractivity contribution in [2.45, 2.75) is 18.9 Å². The number of hydrogen-bond donors (Lipinski definition) is 0. The van der Waals surface area contributed by atoms with Gasteiger partial charge in [0, 0.05) is 48.9 Å². The van der Waals surface area contributed by atoms with Crippen LogP contribution in [0.1, 0.15) is 18.4 Å². The van der Waals surface area contributed by atoms with Gasteiger partial charge < -0.3 is 19.3 Å². The third kappa shape index (κ3) is 4.45. The van der Waals surface area contributed by atoms with E-state index >= 15 is 0 Å². The lowest BCUT2D eigenvalue weighted by molar-refractivity contribution is -0.144. The molecule has 2 aliphatic rings. The molecule has 0 N–H and O–H groups in total. The fourth-order valence-electron chi connectivity index (χ4n) is 3.23. The van der Waals surface area contributed by atoms with Gasteiger partial charge in [-0.1, -0.05) is 15.9 Å². The Morgan fingerprint density at radius 1 is 1.23 bits per heavy atom. The fourth-order valence-corrected chi connectivity index (χ4v) is 3.60. The molecule has 3 rings (SSSR count). The number of halogens is 1. The lowest BCUT2D eigenvalue weighted by atomic mass is 10.1. The molecule has 0 bridgehead atoms. The SMILES string of the molecule is COc1ccc(Br)cc1/C=C/C(=O)N1CCN(C(=O)C2CCCO2)CC1. The highest BCUT2D eigenvalue weighted by Gasteiger charge is 2.30. The van der Waals surface area contributed by atoms with Crippen molar-refractivity contribution in [1.29, 1.82) is 0 Å². The van der Waals surface area contributed by atoms with Crippen molar-refractivity contribution in [3.05, 3.63) is 34.3 Å². The van der Waals surface area contributed by atoms with Crippen LogP contribution in [-0.2, 0) is 14.3 Å². The van der Waals surface area contributed by atoms with Crippen LogP contribution in [0.2, 0.25) is 0 Å². The molecule has 1 aromatic carbocycles. The van der Waals surface area contributed by atoms with Gasteiger partial charge in [-0.25, -0.2) is 0 Å². The molecule has 7 heteroatoms. The molecule has 0 radical (unpaired) electrons. The summed E-state index contributed by atoms with van der Waals surface area (Å²) in [6, 6.07) is 5.65. The number of rotatable bonds is 4. The van der Waals surface area contributed by atoms with E-state index in [1.165, 1.54) is 0 Å². The van der Waals surface area contributed by atoms with E-state index in [0.29, 0.717) is 38.5 Å². The average molecular weight is 423 g/mol. The minimum atomic E-state index is -0.291. The second-order valence-electron chi connectivity index (χ2n) is 6.37. The van der Waals surface area contributed by atoms with Crippen LogP contribution in [0.15, 0.2) is 28.7 Å². The van der Waals surface area contributed by atoms with E-state index in [1.807, 2.05) is 18.2 Å². The Hall–Kier alpha value is -1.86. The summed E-state index contributed by atoms with van der Waals surface area (Å²) < 4.78 is 11.7. The number of ether oxygens (including phenoxy) is 2. The van der Waals surface area contributed by atoms with Gasteiger partial charge in [-0.2, -0.15) is 0 Å². The Bertz CT molecular complexity index is 693. The standard InChI is InChI=1S/C19H23BrN2O4/c1-25-16-6-5-15(20)13-14(16)4-7-18(23)21-8-10-22(11-9-21)19(24)17-3-2-12-26-17/h4-7,13,17H,2-3,8-12H2,1H3/b7-4+. The smallest absolute Gasteiger partial charge is 0.251 e. The van der Waals surface area contributed by atoms with Gasteiger partial charge in [0.15, 0.2) is 0 Å². The molecule has 6 nitrogen and oxygen atoms in total. The van der Waals surface area contributed by atoms with Crippen LogP contribution in [0.5, 0.6) is 5.75 Å². The maximum atomic E-state index is 12.4. The molecule has 2 saturated heterocycles. The van der Waals surface area contributed by atoms with Gasteiger partial charge in [-0.3, -0.25) is 9.59 Å². The zero-order valence-electron chi connectivity index (χ0n) is 14.8. The first-order chi connectivity index (χ1) is 12.6. The highest BCUT2D eigenvalue weighted by atomic mass is 79.9. The summed E-state index contributed by atoms with van der Waals surface area (Å²) in [5, 5.41) is 0. The maximum Gasteiger partial charge on any atom is 0.251 e. The molecule has 0 aliphatic carbocycles. The number of piperazine rings is 1. The van der Waals surface area contributed by atoms with Gasteiger partial charge in [0.25, 0.3) is 5.91 Å². The minimum absolute atomic E-state index is 0.0590. The number of benzene rings is 1. The lowest BCUT2D eigenvalue weighted by Gasteiger charge is -2.35. The zero-order chi connectivity index (χ0) is 18.5. The van der Waals surface area contributed by atoms with Gasteiger partial charge in [0.1, 0.15) is 11.9 Å². The number of nitrogens with zero attached hydrogens (tertiary/aromatic N) is 2. The van der Waals surface area contributed by atoms with Crippen LogP contribution >= 0.6 is 15.9 Å². The second kappa shape index (κ2) is 8.68. The summed E-state index contributed by atoms with van der Waals surface area (Å²) in [7, 11) is 1.60. The Kier molecular flexibility index (Phi) is 6.32. The third-order valence-corrected chi connectivity index (χ3v) is 5.20. The summed E-state index contributed by atoms with van der Waals surface area (Å²) in [6.45, 7) is 2.85. The average Bonchev–Trinajstić information content (AvgIpc) is 3.20. The third-order valence-electron chi connectivity index (χ3n) is 4.71. The number of carbonyl (C=O) groups excluding carboxylic acids is 2. The Morgan fingerprint density at radius 2 is 1.96 bits per heavy atom. The molecule has 2 amide bonds. The van der Waals surface area contributed by atoms with Crippen molar-refractivity contribution >= 4 is 33.8 Å². The summed E-state index contributed by atoms with van der Waals surface area (Å²) in [4.78, 5) is 28.4. The van der Waals surface area contributed by atoms with E-state index in [1.54, 1.807) is 29.1 Å². The molecular formula is C19H23BrN2O4. The van der Waals surface area contributed by atoms with Crippen molar-refractivity contribution in [3.8, 4) is 5.75 Å². The first-order valence-electron chi connectivity index (χ1n) is 8.79. The van der Waals surface area contributed by atoms with Crippen LogP contribution in [0.4, 0.5) is 0 Å². The largest absolute Gasteiger partial charge is 0.496 e. The summed E-state index contributed by atoms with van der Waals surface area (Å²) in [6.07, 6.45) is 4.77. The van der Waals surface area contributed by atoms with Crippen LogP contribution < -0.4 is 4.74 Å². The fraction of sp³-hybridized carbons (Fsp3) is 0.474. The number of amides is 2. The second-order valence-corrected chi connectivity index (χ2v) is 7.29. The molecule has 26 heavy (non-hydrogen) atoms. The Balaban J connectivity index is 1.55. The minimum Gasteiger partial charge on any atom is -0.496 e. The van der Waals surface area contributed by atoms with Crippen molar-refractivity contribution in [2.75, 3.05) is 39.9 Å². The number of carbonyl (C=O) groups is 2. The quantitative estimate of drug-likeness (QED) is 0.698. The van der Waals surface area contributed by atoms with Crippen molar-refractivity contribution < 1.29 is 19.1 Å². The van der Waals surface area contributed by atoms with Crippen molar-refractivity contribution in [3.63, 3.8) is 0 Å². The van der Waals surface area contributed by atoms with Crippen molar-refractivity contribution in [1.82, 2.24) is 9.80 Å². The first-order valence-corrected chi connectivity index (χ1v) is 9.58. The summed E-state index contributed by atoms with van der Waals surface area (Å²) >= 11 is 3.42. The van der Waals surface area contributed by atoms with Gasteiger partial charge in [0.05, 0.1) is 7.11 Å². The molecular weight excluding hydrogens is 400 g/mol. The summed E-state index contributed by atoms with van der Waals surface area (Å²) in [5.41, 5.74) is 0.836. The highest BCUT2D eigenvalue weighted by Crippen LogP contribution is 2.24. The zero-order valence-corrected chi connectivity index (χ0v) is 16.4. The molecule has 0 saturated carbocycles. The van der Waals surface area contributed by atoms with E-state index in [2.05, 4.69) is 15.9 Å².